The molecule has 0 spiro atoms. The van der Waals surface area contributed by atoms with Gasteiger partial charge in [-0.15, -0.1) is 0 Å². The number of rotatable bonds is 7. The van der Waals surface area contributed by atoms with E-state index in [4.69, 9.17) is 9.84 Å². The van der Waals surface area contributed by atoms with Crippen molar-refractivity contribution in [3.8, 4) is 22.7 Å². The second-order valence-corrected chi connectivity index (χ2v) is 6.56. The number of anilines is 1. The zero-order valence-electron chi connectivity index (χ0n) is 16.3. The molecule has 0 radical (unpaired) electrons. The Morgan fingerprint density at radius 2 is 1.87 bits per heavy atom. The Labute approximate surface area is 173 Å². The van der Waals surface area contributed by atoms with Crippen molar-refractivity contribution in [3.05, 3.63) is 90.4 Å². The summed E-state index contributed by atoms with van der Waals surface area (Å²) in [6, 6.07) is 18.9. The molecule has 7 nitrogen and oxygen atoms in total. The van der Waals surface area contributed by atoms with Crippen LogP contribution in [-0.2, 0) is 6.54 Å². The molecule has 4 rings (SSSR count). The first-order valence-corrected chi connectivity index (χ1v) is 9.36. The summed E-state index contributed by atoms with van der Waals surface area (Å²) in [6.07, 6.45) is 4.90. The van der Waals surface area contributed by atoms with Gasteiger partial charge in [0.25, 0.3) is 0 Å². The molecule has 2 aromatic carbocycles. The van der Waals surface area contributed by atoms with E-state index in [0.717, 1.165) is 22.5 Å². The molecule has 0 fully saturated rings. The molecule has 0 saturated carbocycles. The summed E-state index contributed by atoms with van der Waals surface area (Å²) in [7, 11) is 1.62. The first-order valence-electron chi connectivity index (χ1n) is 9.36. The van der Waals surface area contributed by atoms with Crippen molar-refractivity contribution in [1.82, 2.24) is 14.8 Å². The summed E-state index contributed by atoms with van der Waals surface area (Å²) >= 11 is 0. The molecule has 0 amide bonds. The van der Waals surface area contributed by atoms with Crippen molar-refractivity contribution in [1.29, 1.82) is 0 Å². The van der Waals surface area contributed by atoms with Crippen molar-refractivity contribution in [2.24, 2.45) is 0 Å². The third-order valence-electron chi connectivity index (χ3n) is 4.69. The fraction of sp³-hybridized carbons (Fsp3) is 0.0870. The lowest BCUT2D eigenvalue weighted by Gasteiger charge is -2.10. The Hall–Kier alpha value is -4.13. The van der Waals surface area contributed by atoms with Crippen LogP contribution in [0.2, 0.25) is 0 Å². The van der Waals surface area contributed by atoms with Gasteiger partial charge in [0.1, 0.15) is 11.4 Å². The predicted octanol–water partition coefficient (Wildman–Crippen LogP) is 4.25. The quantitative estimate of drug-likeness (QED) is 0.482. The largest absolute Gasteiger partial charge is 0.496 e. The average molecular weight is 400 g/mol. The first-order chi connectivity index (χ1) is 14.7. The van der Waals surface area contributed by atoms with Crippen LogP contribution in [0, 0.1) is 0 Å². The molecule has 0 atom stereocenters. The second kappa shape index (κ2) is 8.48. The van der Waals surface area contributed by atoms with Crippen LogP contribution >= 0.6 is 0 Å². The number of nitrogens with zero attached hydrogens (tertiary/aromatic N) is 3. The van der Waals surface area contributed by atoms with Crippen LogP contribution in [0.3, 0.4) is 0 Å². The normalized spacial score (nSPS) is 10.6. The minimum Gasteiger partial charge on any atom is -0.496 e. The van der Waals surface area contributed by atoms with Gasteiger partial charge in [-0.2, -0.15) is 5.10 Å². The van der Waals surface area contributed by atoms with E-state index in [1.807, 2.05) is 60.8 Å². The maximum absolute atomic E-state index is 11.5. The van der Waals surface area contributed by atoms with E-state index < -0.39 is 5.97 Å². The zero-order valence-corrected chi connectivity index (χ0v) is 16.3. The summed E-state index contributed by atoms with van der Waals surface area (Å²) in [5.41, 5.74) is 4.04. The van der Waals surface area contributed by atoms with Crippen molar-refractivity contribution in [3.63, 3.8) is 0 Å². The Kier molecular flexibility index (Phi) is 5.43. The highest BCUT2D eigenvalue weighted by Crippen LogP contribution is 2.32. The van der Waals surface area contributed by atoms with E-state index in [0.29, 0.717) is 18.0 Å². The van der Waals surface area contributed by atoms with Crippen LogP contribution in [0.4, 0.5) is 5.69 Å². The van der Waals surface area contributed by atoms with Crippen molar-refractivity contribution >= 4 is 11.7 Å². The number of aromatic nitrogens is 3. The summed E-state index contributed by atoms with van der Waals surface area (Å²) in [6.45, 7) is 0.367. The molecule has 7 heteroatoms. The standard InChI is InChI=1S/C23H20N4O3/c1-30-21-10-6-5-9-19(21)22-16(15-27(26-22)17-7-3-2-4-8-17)13-25-20-14-24-12-11-18(20)23(28)29/h2-12,14-15,25H,13H2,1H3,(H,28,29). The molecule has 0 bridgehead atoms. The van der Waals surface area contributed by atoms with Crippen LogP contribution in [0.15, 0.2) is 79.3 Å². The van der Waals surface area contributed by atoms with Crippen LogP contribution in [-0.4, -0.2) is 33.0 Å². The molecular weight excluding hydrogens is 380 g/mol. The number of benzene rings is 2. The number of carbonyl (C=O) groups is 1. The molecule has 0 aliphatic rings. The van der Waals surface area contributed by atoms with Crippen LogP contribution < -0.4 is 10.1 Å². The monoisotopic (exact) mass is 400 g/mol. The Bertz CT molecular complexity index is 1170. The number of pyridine rings is 1. The molecule has 2 aromatic heterocycles. The van der Waals surface area contributed by atoms with Gasteiger partial charge in [-0.25, -0.2) is 9.48 Å². The molecule has 4 aromatic rings. The highest BCUT2D eigenvalue weighted by atomic mass is 16.5. The number of ether oxygens (including phenoxy) is 1. The lowest BCUT2D eigenvalue weighted by Crippen LogP contribution is -2.07. The van der Waals surface area contributed by atoms with Gasteiger partial charge in [0, 0.05) is 30.1 Å². The fourth-order valence-corrected chi connectivity index (χ4v) is 3.23. The highest BCUT2D eigenvalue weighted by molar-refractivity contribution is 5.93. The first kappa shape index (κ1) is 19.2. The number of carboxylic acid groups (broad SMARTS) is 1. The molecular formula is C23H20N4O3. The SMILES string of the molecule is COc1ccccc1-c1nn(-c2ccccc2)cc1CNc1cnccc1C(=O)O. The molecule has 2 N–H and O–H groups in total. The van der Waals surface area contributed by atoms with Gasteiger partial charge >= 0.3 is 5.97 Å². The van der Waals surface area contributed by atoms with Gasteiger partial charge in [-0.05, 0) is 30.3 Å². The summed E-state index contributed by atoms with van der Waals surface area (Å²) in [5.74, 6) is -0.297. The van der Waals surface area contributed by atoms with Crippen LogP contribution in [0.5, 0.6) is 5.75 Å². The number of carboxylic acids is 1. The van der Waals surface area contributed by atoms with Gasteiger partial charge in [0.15, 0.2) is 0 Å². The van der Waals surface area contributed by atoms with Crippen molar-refractivity contribution < 1.29 is 14.6 Å². The number of hydrogen-bond donors (Lipinski definition) is 2. The minimum absolute atomic E-state index is 0.166. The fourth-order valence-electron chi connectivity index (χ4n) is 3.23. The van der Waals surface area contributed by atoms with E-state index in [9.17, 15) is 9.90 Å². The number of aromatic carboxylic acids is 1. The van der Waals surface area contributed by atoms with Crippen LogP contribution in [0.1, 0.15) is 15.9 Å². The number of para-hydroxylation sites is 2. The van der Waals surface area contributed by atoms with E-state index in [-0.39, 0.29) is 5.56 Å². The van der Waals surface area contributed by atoms with E-state index in [1.54, 1.807) is 11.8 Å². The molecule has 0 unspecified atom stereocenters. The third kappa shape index (κ3) is 3.86. The molecule has 0 aliphatic heterocycles. The number of methoxy groups -OCH3 is 1. The van der Waals surface area contributed by atoms with Crippen LogP contribution in [0.25, 0.3) is 16.9 Å². The summed E-state index contributed by atoms with van der Waals surface area (Å²) in [4.78, 5) is 15.5. The molecule has 2 heterocycles. The molecule has 30 heavy (non-hydrogen) atoms. The Balaban J connectivity index is 1.75. The van der Waals surface area contributed by atoms with Gasteiger partial charge in [0.05, 0.1) is 30.2 Å². The minimum atomic E-state index is -1.01. The predicted molar refractivity (Wildman–Crippen MR) is 114 cm³/mol. The van der Waals surface area contributed by atoms with Gasteiger partial charge in [-0.1, -0.05) is 30.3 Å². The third-order valence-corrected chi connectivity index (χ3v) is 4.69. The van der Waals surface area contributed by atoms with Gasteiger partial charge in [-0.3, -0.25) is 4.98 Å². The molecule has 150 valence electrons. The lowest BCUT2D eigenvalue weighted by molar-refractivity contribution is 0.0698. The van der Waals surface area contributed by atoms with E-state index in [1.165, 1.54) is 18.5 Å². The second-order valence-electron chi connectivity index (χ2n) is 6.56. The summed E-state index contributed by atoms with van der Waals surface area (Å²) in [5, 5.41) is 17.4. The Morgan fingerprint density at radius 3 is 2.63 bits per heavy atom. The van der Waals surface area contributed by atoms with Crippen molar-refractivity contribution in [2.45, 2.75) is 6.54 Å². The maximum Gasteiger partial charge on any atom is 0.337 e. The number of hydrogen-bond acceptors (Lipinski definition) is 5. The topological polar surface area (TPSA) is 89.3 Å². The maximum atomic E-state index is 11.5. The van der Waals surface area contributed by atoms with E-state index >= 15 is 0 Å². The average Bonchev–Trinajstić information content (AvgIpc) is 3.22. The smallest absolute Gasteiger partial charge is 0.337 e. The van der Waals surface area contributed by atoms with E-state index in [2.05, 4.69) is 10.3 Å². The lowest BCUT2D eigenvalue weighted by atomic mass is 10.1. The summed E-state index contributed by atoms with van der Waals surface area (Å²) < 4.78 is 7.33. The van der Waals surface area contributed by atoms with Crippen molar-refractivity contribution in [2.75, 3.05) is 12.4 Å². The molecule has 0 saturated heterocycles. The zero-order chi connectivity index (χ0) is 20.9. The van der Waals surface area contributed by atoms with Gasteiger partial charge in [0.2, 0.25) is 0 Å². The van der Waals surface area contributed by atoms with Gasteiger partial charge < -0.3 is 15.2 Å². The molecule has 0 aliphatic carbocycles. The highest BCUT2D eigenvalue weighted by Gasteiger charge is 2.17. The Morgan fingerprint density at radius 1 is 1.10 bits per heavy atom. The number of nitrogens with one attached hydrogen (secondary N) is 1.